The number of hydrogen-bond acceptors (Lipinski definition) is 7. The summed E-state index contributed by atoms with van der Waals surface area (Å²) in [6.45, 7) is 4.26. The van der Waals surface area contributed by atoms with Crippen molar-refractivity contribution in [1.29, 1.82) is 0 Å². The Kier molecular flexibility index (Phi) is 6.22. The van der Waals surface area contributed by atoms with E-state index in [2.05, 4.69) is 20.9 Å². The Morgan fingerprint density at radius 2 is 2.17 bits per heavy atom. The Morgan fingerprint density at radius 3 is 2.83 bits per heavy atom. The maximum absolute atomic E-state index is 11.0. The van der Waals surface area contributed by atoms with Crippen LogP contribution in [0.1, 0.15) is 52.8 Å². The number of aliphatic hydroxyl groups is 1. The van der Waals surface area contributed by atoms with Crippen LogP contribution in [0.15, 0.2) is 35.6 Å². The van der Waals surface area contributed by atoms with Crippen LogP contribution in [-0.4, -0.2) is 52.5 Å². The number of aryl methyl sites for hydroxylation is 1. The maximum atomic E-state index is 11.0. The second-order valence-electron chi connectivity index (χ2n) is 7.90. The van der Waals surface area contributed by atoms with Crippen molar-refractivity contribution in [3.63, 3.8) is 0 Å². The minimum atomic E-state index is -0.596. The van der Waals surface area contributed by atoms with Gasteiger partial charge in [0.25, 0.3) is 0 Å². The van der Waals surface area contributed by atoms with E-state index in [-0.39, 0.29) is 0 Å². The molecule has 3 N–H and O–H groups in total. The number of nitrogens with two attached hydrogens (primary N) is 1. The number of aromatic nitrogens is 2. The lowest BCUT2D eigenvalue weighted by atomic mass is 10.0. The first-order valence-electron chi connectivity index (χ1n) is 10.4. The summed E-state index contributed by atoms with van der Waals surface area (Å²) in [6, 6.07) is 6.46. The molecule has 4 heterocycles. The van der Waals surface area contributed by atoms with Gasteiger partial charge in [-0.25, -0.2) is 0 Å². The fraction of sp³-hybridized carbons (Fsp3) is 0.435. The molecular formula is C23H29N5O2. The summed E-state index contributed by atoms with van der Waals surface area (Å²) in [4.78, 5) is 15.5. The average molecular weight is 408 g/mol. The number of fused-ring (bicyclic) bond motifs is 1. The van der Waals surface area contributed by atoms with Crippen molar-refractivity contribution >= 4 is 11.8 Å². The van der Waals surface area contributed by atoms with Gasteiger partial charge in [0.1, 0.15) is 6.23 Å². The molecule has 2 aliphatic heterocycles. The van der Waals surface area contributed by atoms with Gasteiger partial charge in [0, 0.05) is 74.7 Å². The molecule has 0 amide bonds. The Labute approximate surface area is 177 Å². The average Bonchev–Trinajstić information content (AvgIpc) is 3.09. The highest BCUT2D eigenvalue weighted by atomic mass is 16.5. The largest absolute Gasteiger partial charge is 0.404 e. The van der Waals surface area contributed by atoms with Crippen LogP contribution in [0.25, 0.3) is 5.57 Å². The van der Waals surface area contributed by atoms with Gasteiger partial charge in [-0.05, 0) is 43.0 Å². The van der Waals surface area contributed by atoms with E-state index >= 15 is 0 Å². The molecule has 2 aromatic heterocycles. The summed E-state index contributed by atoms with van der Waals surface area (Å²) in [5.41, 5.74) is 12.4. The fourth-order valence-corrected chi connectivity index (χ4v) is 4.28. The smallest absolute Gasteiger partial charge is 0.135 e. The predicted octanol–water partition coefficient (Wildman–Crippen LogP) is 2.36. The SMILES string of the molecule is CN=CC(=CN)c1ccc(Cc2cc3c(nc2C)CN(C2CCOCC2)C3O)cn1. The van der Waals surface area contributed by atoms with Crippen LogP contribution in [0.4, 0.5) is 0 Å². The highest BCUT2D eigenvalue weighted by Crippen LogP contribution is 2.36. The molecule has 0 radical (unpaired) electrons. The second-order valence-corrected chi connectivity index (χ2v) is 7.90. The van der Waals surface area contributed by atoms with Gasteiger partial charge >= 0.3 is 0 Å². The first-order valence-corrected chi connectivity index (χ1v) is 10.4. The van der Waals surface area contributed by atoms with Crippen molar-refractivity contribution in [3.8, 4) is 0 Å². The molecule has 0 aromatic carbocycles. The zero-order valence-electron chi connectivity index (χ0n) is 17.6. The summed E-state index contributed by atoms with van der Waals surface area (Å²) in [5, 5.41) is 11.0. The first-order chi connectivity index (χ1) is 14.6. The van der Waals surface area contributed by atoms with E-state index in [4.69, 9.17) is 15.5 Å². The van der Waals surface area contributed by atoms with Crippen LogP contribution in [0.3, 0.4) is 0 Å². The molecule has 2 aliphatic rings. The normalized spacial score (nSPS) is 20.8. The molecule has 0 aliphatic carbocycles. The molecule has 4 rings (SSSR count). The van der Waals surface area contributed by atoms with Gasteiger partial charge in [-0.1, -0.05) is 6.07 Å². The van der Waals surface area contributed by atoms with Crippen LogP contribution in [0.2, 0.25) is 0 Å². The molecule has 1 unspecified atom stereocenters. The lowest BCUT2D eigenvalue weighted by molar-refractivity contribution is -0.0524. The molecule has 7 heteroatoms. The molecule has 158 valence electrons. The molecular weight excluding hydrogens is 378 g/mol. The van der Waals surface area contributed by atoms with E-state index in [1.165, 1.54) is 6.20 Å². The monoisotopic (exact) mass is 407 g/mol. The Morgan fingerprint density at radius 1 is 1.37 bits per heavy atom. The standard InChI is InChI=1S/C23H29N5O2/c1-15-17(9-16-3-4-21(26-12-16)18(11-24)13-25-2)10-20-22(27-15)14-28(23(20)29)19-5-7-30-8-6-19/h3-4,10-13,19,23,29H,5-9,14,24H2,1-2H3. The zero-order valence-corrected chi connectivity index (χ0v) is 17.6. The number of hydrogen-bond donors (Lipinski definition) is 2. The molecule has 7 nitrogen and oxygen atoms in total. The third-order valence-electron chi connectivity index (χ3n) is 5.98. The molecule has 2 aromatic rings. The maximum Gasteiger partial charge on any atom is 0.135 e. The summed E-state index contributed by atoms with van der Waals surface area (Å²) in [6.07, 6.45) is 7.10. The van der Waals surface area contributed by atoms with Crippen molar-refractivity contribution in [2.75, 3.05) is 20.3 Å². The summed E-state index contributed by atoms with van der Waals surface area (Å²) >= 11 is 0. The quantitative estimate of drug-likeness (QED) is 0.739. The van der Waals surface area contributed by atoms with Gasteiger partial charge in [0.15, 0.2) is 0 Å². The molecule has 30 heavy (non-hydrogen) atoms. The van der Waals surface area contributed by atoms with Crippen LogP contribution >= 0.6 is 0 Å². The van der Waals surface area contributed by atoms with Crippen LogP contribution in [0, 0.1) is 6.92 Å². The minimum Gasteiger partial charge on any atom is -0.404 e. The number of nitrogens with zero attached hydrogens (tertiary/aromatic N) is 4. The van der Waals surface area contributed by atoms with Crippen molar-refractivity contribution in [2.45, 2.75) is 45.0 Å². The number of rotatable bonds is 5. The van der Waals surface area contributed by atoms with E-state index in [0.717, 1.165) is 65.4 Å². The van der Waals surface area contributed by atoms with E-state index in [9.17, 15) is 5.11 Å². The lowest BCUT2D eigenvalue weighted by Crippen LogP contribution is -2.38. The molecule has 1 fully saturated rings. The molecule has 0 bridgehead atoms. The van der Waals surface area contributed by atoms with Crippen molar-refractivity contribution in [1.82, 2.24) is 14.9 Å². The van der Waals surface area contributed by atoms with Crippen molar-refractivity contribution < 1.29 is 9.84 Å². The van der Waals surface area contributed by atoms with Crippen LogP contribution in [-0.2, 0) is 17.7 Å². The third-order valence-corrected chi connectivity index (χ3v) is 5.98. The van der Waals surface area contributed by atoms with Crippen molar-refractivity contribution in [2.24, 2.45) is 10.7 Å². The van der Waals surface area contributed by atoms with E-state index in [0.29, 0.717) is 19.0 Å². The van der Waals surface area contributed by atoms with Gasteiger partial charge in [-0.15, -0.1) is 0 Å². The van der Waals surface area contributed by atoms with Crippen LogP contribution < -0.4 is 5.73 Å². The molecule has 0 spiro atoms. The first kappa shape index (κ1) is 20.7. The van der Waals surface area contributed by atoms with E-state index in [1.54, 1.807) is 13.3 Å². The Hall–Kier alpha value is -2.61. The Bertz CT molecular complexity index is 949. The van der Waals surface area contributed by atoms with Gasteiger partial charge < -0.3 is 15.6 Å². The Balaban J connectivity index is 1.52. The third kappa shape index (κ3) is 4.14. The zero-order chi connectivity index (χ0) is 21.1. The summed E-state index contributed by atoms with van der Waals surface area (Å²) in [7, 11) is 1.71. The summed E-state index contributed by atoms with van der Waals surface area (Å²) < 4.78 is 5.47. The van der Waals surface area contributed by atoms with E-state index in [1.807, 2.05) is 25.3 Å². The summed E-state index contributed by atoms with van der Waals surface area (Å²) in [5.74, 6) is 0. The number of pyridine rings is 2. The topological polar surface area (TPSA) is 96.9 Å². The van der Waals surface area contributed by atoms with Crippen molar-refractivity contribution in [3.05, 3.63) is 64.4 Å². The highest BCUT2D eigenvalue weighted by molar-refractivity contribution is 6.08. The van der Waals surface area contributed by atoms with E-state index < -0.39 is 6.23 Å². The van der Waals surface area contributed by atoms with Gasteiger partial charge in [0.2, 0.25) is 0 Å². The fourth-order valence-electron chi connectivity index (χ4n) is 4.28. The highest BCUT2D eigenvalue weighted by Gasteiger charge is 2.35. The van der Waals surface area contributed by atoms with Gasteiger partial charge in [-0.3, -0.25) is 19.9 Å². The molecule has 1 saturated heterocycles. The second kappa shape index (κ2) is 9.04. The van der Waals surface area contributed by atoms with Crippen LogP contribution in [0.5, 0.6) is 0 Å². The van der Waals surface area contributed by atoms with Gasteiger partial charge in [-0.2, -0.15) is 0 Å². The van der Waals surface area contributed by atoms with Gasteiger partial charge in [0.05, 0.1) is 11.4 Å². The number of allylic oxidation sites excluding steroid dienone is 1. The number of aliphatic imine (C=N–C) groups is 1. The lowest BCUT2D eigenvalue weighted by Gasteiger charge is -2.33. The number of ether oxygens (including phenoxy) is 1. The molecule has 0 saturated carbocycles. The minimum absolute atomic E-state index is 0.347. The number of aliphatic hydroxyl groups excluding tert-OH is 1. The molecule has 1 atom stereocenters. The predicted molar refractivity (Wildman–Crippen MR) is 117 cm³/mol.